The Kier molecular flexibility index (Phi) is 7.59. The molecule has 0 atom stereocenters. The number of alkyl halides is 3. The van der Waals surface area contributed by atoms with E-state index in [1.165, 1.54) is 13.2 Å². The lowest BCUT2D eigenvalue weighted by Crippen LogP contribution is -2.47. The Morgan fingerprint density at radius 2 is 2.03 bits per heavy atom. The smallest absolute Gasteiger partial charge is 0.416 e. The molecule has 1 aromatic carbocycles. The number of carbonyl (C=O) groups is 1. The van der Waals surface area contributed by atoms with Gasteiger partial charge in [0.25, 0.3) is 0 Å². The largest absolute Gasteiger partial charge is 0.469 e. The number of furan rings is 1. The summed E-state index contributed by atoms with van der Waals surface area (Å²) in [4.78, 5) is 18.4. The summed E-state index contributed by atoms with van der Waals surface area (Å²) in [6, 6.07) is 8.88. The Hall–Kier alpha value is -2.97. The molecule has 1 fully saturated rings. The summed E-state index contributed by atoms with van der Waals surface area (Å²) >= 11 is 0. The Labute approximate surface area is 179 Å². The second-order valence-corrected chi connectivity index (χ2v) is 7.38. The van der Waals surface area contributed by atoms with Crippen LogP contribution in [0.2, 0.25) is 0 Å². The summed E-state index contributed by atoms with van der Waals surface area (Å²) in [5, 5.41) is 3.28. The number of ether oxygens (including phenoxy) is 1. The highest BCUT2D eigenvalue weighted by molar-refractivity contribution is 5.80. The van der Waals surface area contributed by atoms with E-state index in [4.69, 9.17) is 9.15 Å². The molecule has 1 aromatic heterocycles. The Morgan fingerprint density at radius 3 is 2.68 bits per heavy atom. The first kappa shape index (κ1) is 22.7. The zero-order chi connectivity index (χ0) is 22.3. The fourth-order valence-corrected chi connectivity index (χ4v) is 3.53. The van der Waals surface area contributed by atoms with Crippen molar-refractivity contribution in [3.8, 4) is 0 Å². The highest BCUT2D eigenvalue weighted by atomic mass is 19.4. The number of benzene rings is 1. The predicted molar refractivity (Wildman–Crippen MR) is 109 cm³/mol. The molecule has 1 N–H and O–H groups in total. The van der Waals surface area contributed by atoms with Crippen LogP contribution in [0.3, 0.4) is 0 Å². The maximum atomic E-state index is 13.0. The molecule has 168 valence electrons. The molecule has 1 aliphatic rings. The number of carbonyl (C=O) groups excluding carboxylic acids is 1. The van der Waals surface area contributed by atoms with Gasteiger partial charge in [0.2, 0.25) is 0 Å². The van der Waals surface area contributed by atoms with Crippen LogP contribution in [-0.4, -0.2) is 43.6 Å². The van der Waals surface area contributed by atoms with Crippen molar-refractivity contribution in [2.24, 2.45) is 10.9 Å². The first-order valence-electron chi connectivity index (χ1n) is 10.2. The molecule has 1 saturated heterocycles. The molecule has 9 heteroatoms. The van der Waals surface area contributed by atoms with E-state index in [0.717, 1.165) is 17.9 Å². The van der Waals surface area contributed by atoms with Gasteiger partial charge in [-0.3, -0.25) is 4.79 Å². The molecule has 1 aliphatic heterocycles. The van der Waals surface area contributed by atoms with E-state index in [0.29, 0.717) is 50.4 Å². The van der Waals surface area contributed by atoms with Crippen LogP contribution in [0.5, 0.6) is 0 Å². The van der Waals surface area contributed by atoms with Gasteiger partial charge in [-0.2, -0.15) is 13.2 Å². The molecule has 2 aromatic rings. The standard InChI is InChI=1S/C22H26F3N3O3/c1-30-20(29)17-8-11-28(12-9-17)21(26-10-7-19-6-3-13-31-19)27-15-16-4-2-5-18(14-16)22(23,24)25/h2-6,13-14,17H,7-12,15H2,1H3,(H,26,27). The molecule has 0 spiro atoms. The third kappa shape index (κ3) is 6.50. The number of likely N-dealkylation sites (tertiary alicyclic amines) is 1. The molecule has 0 bridgehead atoms. The molecule has 2 heterocycles. The van der Waals surface area contributed by atoms with Crippen molar-refractivity contribution in [2.45, 2.75) is 32.0 Å². The first-order chi connectivity index (χ1) is 14.9. The second-order valence-electron chi connectivity index (χ2n) is 7.38. The van der Waals surface area contributed by atoms with E-state index in [1.54, 1.807) is 12.3 Å². The lowest BCUT2D eigenvalue weighted by atomic mass is 9.97. The van der Waals surface area contributed by atoms with Crippen LogP contribution in [0, 0.1) is 5.92 Å². The van der Waals surface area contributed by atoms with Crippen molar-refractivity contribution in [3.63, 3.8) is 0 Å². The van der Waals surface area contributed by atoms with Crippen molar-refractivity contribution >= 4 is 11.9 Å². The minimum absolute atomic E-state index is 0.115. The Morgan fingerprint density at radius 1 is 1.26 bits per heavy atom. The number of halogens is 3. The van der Waals surface area contributed by atoms with Crippen molar-refractivity contribution in [1.29, 1.82) is 0 Å². The Bertz CT molecular complexity index is 874. The van der Waals surface area contributed by atoms with E-state index < -0.39 is 11.7 Å². The highest BCUT2D eigenvalue weighted by Crippen LogP contribution is 2.29. The maximum absolute atomic E-state index is 13.0. The van der Waals surface area contributed by atoms with Gasteiger partial charge in [0.15, 0.2) is 5.96 Å². The number of esters is 1. The quantitative estimate of drug-likeness (QED) is 0.422. The van der Waals surface area contributed by atoms with Crippen LogP contribution in [0.4, 0.5) is 13.2 Å². The highest BCUT2D eigenvalue weighted by Gasteiger charge is 2.30. The summed E-state index contributed by atoms with van der Waals surface area (Å²) < 4.78 is 49.1. The summed E-state index contributed by atoms with van der Waals surface area (Å²) in [6.07, 6.45) is -0.867. The summed E-state index contributed by atoms with van der Waals surface area (Å²) in [5.41, 5.74) is -0.212. The van der Waals surface area contributed by atoms with E-state index in [-0.39, 0.29) is 18.4 Å². The normalized spacial score (nSPS) is 15.7. The minimum Gasteiger partial charge on any atom is -0.469 e. The average Bonchev–Trinajstić information content (AvgIpc) is 3.29. The number of hydrogen-bond donors (Lipinski definition) is 1. The van der Waals surface area contributed by atoms with Gasteiger partial charge >= 0.3 is 12.1 Å². The lowest BCUT2D eigenvalue weighted by Gasteiger charge is -2.33. The summed E-state index contributed by atoms with van der Waals surface area (Å²) in [5.74, 6) is 1.07. The maximum Gasteiger partial charge on any atom is 0.416 e. The SMILES string of the molecule is COC(=O)C1CCN(C(=NCc2cccc(C(F)(F)F)c2)NCCc2ccco2)CC1. The zero-order valence-corrected chi connectivity index (χ0v) is 17.3. The van der Waals surface area contributed by atoms with Gasteiger partial charge in [0.1, 0.15) is 5.76 Å². The fraction of sp³-hybridized carbons (Fsp3) is 0.455. The number of methoxy groups -OCH3 is 1. The molecular weight excluding hydrogens is 411 g/mol. The van der Waals surface area contributed by atoms with Gasteiger partial charge in [-0.05, 0) is 42.7 Å². The lowest BCUT2D eigenvalue weighted by molar-refractivity contribution is -0.146. The van der Waals surface area contributed by atoms with E-state index in [9.17, 15) is 18.0 Å². The second kappa shape index (κ2) is 10.4. The zero-order valence-electron chi connectivity index (χ0n) is 17.3. The minimum atomic E-state index is -4.39. The molecule has 0 unspecified atom stereocenters. The molecule has 0 saturated carbocycles. The van der Waals surface area contributed by atoms with Crippen LogP contribution in [-0.2, 0) is 28.7 Å². The number of rotatable bonds is 6. The molecule has 0 radical (unpaired) electrons. The molecule has 6 nitrogen and oxygen atoms in total. The van der Waals surface area contributed by atoms with E-state index in [1.807, 2.05) is 17.0 Å². The number of hydrogen-bond acceptors (Lipinski definition) is 4. The van der Waals surface area contributed by atoms with Gasteiger partial charge < -0.3 is 19.4 Å². The molecule has 3 rings (SSSR count). The van der Waals surface area contributed by atoms with Gasteiger partial charge in [-0.1, -0.05) is 12.1 Å². The molecular formula is C22H26F3N3O3. The van der Waals surface area contributed by atoms with Crippen molar-refractivity contribution < 1.29 is 27.1 Å². The van der Waals surface area contributed by atoms with Crippen LogP contribution in [0.25, 0.3) is 0 Å². The fourth-order valence-electron chi connectivity index (χ4n) is 3.53. The van der Waals surface area contributed by atoms with E-state index >= 15 is 0 Å². The average molecular weight is 437 g/mol. The van der Waals surface area contributed by atoms with Crippen LogP contribution in [0.15, 0.2) is 52.1 Å². The van der Waals surface area contributed by atoms with Crippen LogP contribution >= 0.6 is 0 Å². The Balaban J connectivity index is 1.68. The number of piperidine rings is 1. The number of nitrogens with zero attached hydrogens (tertiary/aromatic N) is 2. The predicted octanol–water partition coefficient (Wildman–Crippen LogP) is 3.87. The van der Waals surface area contributed by atoms with Gasteiger partial charge in [0, 0.05) is 26.1 Å². The number of nitrogens with one attached hydrogen (secondary N) is 1. The van der Waals surface area contributed by atoms with Crippen LogP contribution in [0.1, 0.15) is 29.7 Å². The van der Waals surface area contributed by atoms with Gasteiger partial charge in [-0.15, -0.1) is 0 Å². The monoisotopic (exact) mass is 437 g/mol. The summed E-state index contributed by atoms with van der Waals surface area (Å²) in [7, 11) is 1.38. The van der Waals surface area contributed by atoms with Crippen LogP contribution < -0.4 is 5.32 Å². The summed E-state index contributed by atoms with van der Waals surface area (Å²) in [6.45, 7) is 1.89. The van der Waals surface area contributed by atoms with Gasteiger partial charge in [0.05, 0.1) is 31.4 Å². The third-order valence-electron chi connectivity index (χ3n) is 5.23. The third-order valence-corrected chi connectivity index (χ3v) is 5.23. The van der Waals surface area contributed by atoms with Crippen molar-refractivity contribution in [2.75, 3.05) is 26.7 Å². The molecule has 0 amide bonds. The first-order valence-corrected chi connectivity index (χ1v) is 10.2. The van der Waals surface area contributed by atoms with Crippen molar-refractivity contribution in [3.05, 3.63) is 59.5 Å². The van der Waals surface area contributed by atoms with Crippen molar-refractivity contribution in [1.82, 2.24) is 10.2 Å². The number of guanidine groups is 1. The van der Waals surface area contributed by atoms with Gasteiger partial charge in [-0.25, -0.2) is 4.99 Å². The molecule has 0 aliphatic carbocycles. The van der Waals surface area contributed by atoms with E-state index in [2.05, 4.69) is 10.3 Å². The number of aliphatic imine (C=N–C) groups is 1. The topological polar surface area (TPSA) is 67.1 Å². The molecule has 31 heavy (non-hydrogen) atoms.